The van der Waals surface area contributed by atoms with E-state index >= 15 is 0 Å². The van der Waals surface area contributed by atoms with Crippen molar-refractivity contribution in [3.63, 3.8) is 0 Å². The van der Waals surface area contributed by atoms with Gasteiger partial charge in [-0.15, -0.1) is 0 Å². The first kappa shape index (κ1) is 26.9. The van der Waals surface area contributed by atoms with Crippen molar-refractivity contribution in [1.29, 1.82) is 0 Å². The van der Waals surface area contributed by atoms with Crippen LogP contribution in [0.3, 0.4) is 0 Å². The van der Waals surface area contributed by atoms with Gasteiger partial charge in [0.2, 0.25) is 0 Å². The molecular weight excluding hydrogens is 538 g/mol. The molecule has 0 aliphatic carbocycles. The maximum atomic E-state index is 13.3. The molecule has 1 saturated heterocycles. The minimum Gasteiger partial charge on any atom is -0.493 e. The molecule has 0 saturated carbocycles. The maximum Gasteiger partial charge on any atom is 0.257 e. The molecule has 1 amide bonds. The number of hydrogen-bond donors (Lipinski definition) is 1. The van der Waals surface area contributed by atoms with Gasteiger partial charge in [-0.2, -0.15) is 0 Å². The van der Waals surface area contributed by atoms with Gasteiger partial charge in [0.15, 0.2) is 16.6 Å². The standard InChI is InChI=1S/C31H31N5O4S/c1-35-12-14-36(15-13-35)19-20-6-4-5-7-22(20)30(37)34-31-33-24-9-8-21(16-29(24)41-31)40-26-10-11-32-25-18-28(39-3)27(38-2)17-23(25)26/h4-11,16-18H,12-15,19H2,1-3H3,(H,33,34,37). The van der Waals surface area contributed by atoms with E-state index in [1.165, 1.54) is 11.3 Å². The average Bonchev–Trinajstić information content (AvgIpc) is 3.39. The van der Waals surface area contributed by atoms with Gasteiger partial charge in [-0.3, -0.25) is 20.0 Å². The lowest BCUT2D eigenvalue weighted by Crippen LogP contribution is -2.44. The second kappa shape index (κ2) is 11.7. The number of anilines is 1. The lowest BCUT2D eigenvalue weighted by atomic mass is 10.1. The van der Waals surface area contributed by atoms with Crippen LogP contribution in [0.5, 0.6) is 23.0 Å². The number of ether oxygens (including phenoxy) is 3. The molecule has 9 nitrogen and oxygen atoms in total. The lowest BCUT2D eigenvalue weighted by molar-refractivity contribution is 0.102. The fourth-order valence-corrected chi connectivity index (χ4v) is 5.87. The van der Waals surface area contributed by atoms with Crippen LogP contribution in [0.2, 0.25) is 0 Å². The molecule has 3 heterocycles. The molecule has 10 heteroatoms. The largest absolute Gasteiger partial charge is 0.493 e. The number of thiazole rings is 1. The molecule has 210 valence electrons. The van der Waals surface area contributed by atoms with Gasteiger partial charge in [0, 0.05) is 62.0 Å². The highest BCUT2D eigenvalue weighted by Crippen LogP contribution is 2.38. The van der Waals surface area contributed by atoms with Crippen LogP contribution in [0.15, 0.2) is 66.9 Å². The summed E-state index contributed by atoms with van der Waals surface area (Å²) in [4.78, 5) is 27.1. The van der Waals surface area contributed by atoms with Crippen LogP contribution >= 0.6 is 11.3 Å². The summed E-state index contributed by atoms with van der Waals surface area (Å²) in [6.07, 6.45) is 1.70. The normalized spacial score (nSPS) is 14.3. The predicted octanol–water partition coefficient (Wildman–Crippen LogP) is 5.65. The number of rotatable bonds is 8. The first-order chi connectivity index (χ1) is 20.0. The Morgan fingerprint density at radius 1 is 0.927 bits per heavy atom. The Balaban J connectivity index is 1.20. The number of methoxy groups -OCH3 is 2. The molecule has 1 fully saturated rings. The quantitative estimate of drug-likeness (QED) is 0.256. The Hall–Kier alpha value is -4.25. The summed E-state index contributed by atoms with van der Waals surface area (Å²) in [5.74, 6) is 2.34. The van der Waals surface area contributed by atoms with E-state index < -0.39 is 0 Å². The Bertz CT molecular complexity index is 1710. The van der Waals surface area contributed by atoms with E-state index in [0.717, 1.165) is 59.4 Å². The summed E-state index contributed by atoms with van der Waals surface area (Å²) in [7, 11) is 5.33. The van der Waals surface area contributed by atoms with E-state index in [1.807, 2.05) is 60.7 Å². The van der Waals surface area contributed by atoms with Gasteiger partial charge in [-0.1, -0.05) is 29.5 Å². The minimum atomic E-state index is -0.155. The topological polar surface area (TPSA) is 89.0 Å². The van der Waals surface area contributed by atoms with Crippen LogP contribution in [0.1, 0.15) is 15.9 Å². The minimum absolute atomic E-state index is 0.155. The molecule has 0 unspecified atom stereocenters. The van der Waals surface area contributed by atoms with Gasteiger partial charge >= 0.3 is 0 Å². The van der Waals surface area contributed by atoms with Crippen molar-refractivity contribution in [2.24, 2.45) is 0 Å². The summed E-state index contributed by atoms with van der Waals surface area (Å²) in [5.41, 5.74) is 3.21. The second-order valence-electron chi connectivity index (χ2n) is 9.97. The summed E-state index contributed by atoms with van der Waals surface area (Å²) < 4.78 is 18.1. The Morgan fingerprint density at radius 2 is 1.71 bits per heavy atom. The molecule has 41 heavy (non-hydrogen) atoms. The third-order valence-electron chi connectivity index (χ3n) is 7.27. The van der Waals surface area contributed by atoms with Crippen molar-refractivity contribution in [3.8, 4) is 23.0 Å². The zero-order chi connectivity index (χ0) is 28.3. The predicted molar refractivity (Wildman–Crippen MR) is 162 cm³/mol. The first-order valence-electron chi connectivity index (χ1n) is 13.4. The van der Waals surface area contributed by atoms with Crippen molar-refractivity contribution in [1.82, 2.24) is 19.8 Å². The van der Waals surface area contributed by atoms with E-state index in [9.17, 15) is 4.79 Å². The monoisotopic (exact) mass is 569 g/mol. The van der Waals surface area contributed by atoms with Crippen LogP contribution in [0.4, 0.5) is 5.13 Å². The molecule has 1 aliphatic heterocycles. The summed E-state index contributed by atoms with van der Waals surface area (Å²) in [6, 6.07) is 19.0. The van der Waals surface area contributed by atoms with Crippen LogP contribution in [0.25, 0.3) is 21.1 Å². The number of piperazine rings is 1. The number of hydrogen-bond acceptors (Lipinski definition) is 9. The molecule has 6 rings (SSSR count). The van der Waals surface area contributed by atoms with Crippen molar-refractivity contribution in [2.45, 2.75) is 6.54 Å². The van der Waals surface area contributed by atoms with Crippen LogP contribution in [-0.2, 0) is 6.54 Å². The van der Waals surface area contributed by atoms with Crippen LogP contribution in [0, 0.1) is 0 Å². The Morgan fingerprint density at radius 3 is 2.51 bits per heavy atom. The van der Waals surface area contributed by atoms with Crippen molar-refractivity contribution < 1.29 is 19.0 Å². The van der Waals surface area contributed by atoms with E-state index in [4.69, 9.17) is 14.2 Å². The zero-order valence-electron chi connectivity index (χ0n) is 23.2. The number of benzene rings is 3. The average molecular weight is 570 g/mol. The van der Waals surface area contributed by atoms with Gasteiger partial charge in [0.05, 0.1) is 30.0 Å². The fraction of sp³-hybridized carbons (Fsp3) is 0.258. The Kier molecular flexibility index (Phi) is 7.69. The van der Waals surface area contributed by atoms with E-state index in [2.05, 4.69) is 32.1 Å². The molecule has 2 aromatic heterocycles. The van der Waals surface area contributed by atoms with Crippen molar-refractivity contribution in [3.05, 3.63) is 78.0 Å². The van der Waals surface area contributed by atoms with Crippen molar-refractivity contribution in [2.75, 3.05) is 52.8 Å². The number of aromatic nitrogens is 2. The Labute approximate surface area is 242 Å². The van der Waals surface area contributed by atoms with E-state index in [0.29, 0.717) is 33.7 Å². The number of pyridine rings is 1. The smallest absolute Gasteiger partial charge is 0.257 e. The third-order valence-corrected chi connectivity index (χ3v) is 8.20. The number of amides is 1. The fourth-order valence-electron chi connectivity index (χ4n) is 4.98. The molecule has 0 atom stereocenters. The molecule has 0 bridgehead atoms. The van der Waals surface area contributed by atoms with Gasteiger partial charge in [0.1, 0.15) is 11.5 Å². The summed E-state index contributed by atoms with van der Waals surface area (Å²) in [5, 5.41) is 4.36. The first-order valence-corrected chi connectivity index (χ1v) is 14.2. The van der Waals surface area contributed by atoms with Crippen LogP contribution < -0.4 is 19.5 Å². The van der Waals surface area contributed by atoms with Crippen LogP contribution in [-0.4, -0.2) is 73.1 Å². The van der Waals surface area contributed by atoms with E-state index in [-0.39, 0.29) is 5.91 Å². The molecule has 3 aromatic carbocycles. The van der Waals surface area contributed by atoms with Gasteiger partial charge in [0.25, 0.3) is 5.91 Å². The highest BCUT2D eigenvalue weighted by molar-refractivity contribution is 7.22. The van der Waals surface area contributed by atoms with Crippen molar-refractivity contribution >= 4 is 43.5 Å². The number of nitrogens with one attached hydrogen (secondary N) is 1. The number of nitrogens with zero attached hydrogens (tertiary/aromatic N) is 4. The zero-order valence-corrected chi connectivity index (χ0v) is 24.0. The molecule has 1 N–H and O–H groups in total. The SMILES string of the molecule is COc1cc2nccc(Oc3ccc4nc(NC(=O)c5ccccc5CN5CCN(C)CC5)sc4c3)c2cc1OC. The second-order valence-corrected chi connectivity index (χ2v) is 11.0. The number of likely N-dealkylation sites (N-methyl/N-ethyl adjacent to an activating group) is 1. The highest BCUT2D eigenvalue weighted by atomic mass is 32.1. The number of carbonyl (C=O) groups excluding carboxylic acids is 1. The highest BCUT2D eigenvalue weighted by Gasteiger charge is 2.19. The number of fused-ring (bicyclic) bond motifs is 2. The van der Waals surface area contributed by atoms with Gasteiger partial charge in [-0.05, 0) is 42.9 Å². The molecule has 1 aliphatic rings. The van der Waals surface area contributed by atoms with E-state index in [1.54, 1.807) is 20.4 Å². The third kappa shape index (κ3) is 5.81. The molecule has 0 spiro atoms. The van der Waals surface area contributed by atoms with Gasteiger partial charge in [-0.25, -0.2) is 4.98 Å². The number of carbonyl (C=O) groups is 1. The lowest BCUT2D eigenvalue weighted by Gasteiger charge is -2.32. The molecule has 0 radical (unpaired) electrons. The summed E-state index contributed by atoms with van der Waals surface area (Å²) >= 11 is 1.41. The van der Waals surface area contributed by atoms with Gasteiger partial charge < -0.3 is 19.1 Å². The maximum absolute atomic E-state index is 13.3. The summed E-state index contributed by atoms with van der Waals surface area (Å²) in [6.45, 7) is 4.80. The molecular formula is C31H31N5O4S. The molecule has 5 aromatic rings.